The lowest BCUT2D eigenvalue weighted by molar-refractivity contribution is 0.355. The van der Waals surface area contributed by atoms with Crippen molar-refractivity contribution < 1.29 is 13.9 Å². The van der Waals surface area contributed by atoms with Crippen LogP contribution in [0.4, 0.5) is 4.39 Å². The van der Waals surface area contributed by atoms with E-state index in [0.29, 0.717) is 33.8 Å². The maximum atomic E-state index is 14.1. The molecule has 2 aromatic carbocycles. The molecule has 4 rings (SSSR count). The summed E-state index contributed by atoms with van der Waals surface area (Å²) in [5.74, 6) is 2.17. The third-order valence-electron chi connectivity index (χ3n) is 4.48. The molecule has 0 aliphatic carbocycles. The van der Waals surface area contributed by atoms with Crippen LogP contribution in [0.25, 0.3) is 22.0 Å². The number of nitrogens with zero attached hydrogens (tertiary/aromatic N) is 4. The van der Waals surface area contributed by atoms with E-state index in [1.165, 1.54) is 17.8 Å². The highest BCUT2D eigenvalue weighted by Crippen LogP contribution is 2.34. The van der Waals surface area contributed by atoms with Crippen molar-refractivity contribution in [3.8, 4) is 33.5 Å². The van der Waals surface area contributed by atoms with E-state index in [1.807, 2.05) is 30.6 Å². The van der Waals surface area contributed by atoms with Gasteiger partial charge < -0.3 is 14.0 Å². The number of halogens is 1. The number of benzene rings is 2. The van der Waals surface area contributed by atoms with Gasteiger partial charge in [-0.25, -0.2) is 9.37 Å². The fraction of sp³-hybridized carbons (Fsp3) is 0.190. The quantitative estimate of drug-likeness (QED) is 0.373. The van der Waals surface area contributed by atoms with Crippen LogP contribution in [0.1, 0.15) is 5.69 Å². The zero-order valence-corrected chi connectivity index (χ0v) is 18.3. The number of thiazole rings is 1. The standard InChI is InChI=1S/C21H19FN4O2S2/c1-26-19(15-6-4-5-7-16(15)22)24-25-21(26)30-12-14-11-29-20(23-14)13-8-9-17(27-2)18(10-13)28-3/h4-11H,12H2,1-3H3. The molecule has 2 heterocycles. The Kier molecular flexibility index (Phi) is 6.01. The van der Waals surface area contributed by atoms with Crippen LogP contribution in [0.15, 0.2) is 53.0 Å². The molecule has 0 saturated carbocycles. The molecule has 0 unspecified atom stereocenters. The molecular weight excluding hydrogens is 423 g/mol. The lowest BCUT2D eigenvalue weighted by Gasteiger charge is -2.08. The number of rotatable bonds is 7. The average molecular weight is 443 g/mol. The molecule has 0 aliphatic rings. The number of aromatic nitrogens is 4. The highest BCUT2D eigenvalue weighted by atomic mass is 32.2. The molecule has 2 aromatic heterocycles. The van der Waals surface area contributed by atoms with Gasteiger partial charge in [0, 0.05) is 23.7 Å². The topological polar surface area (TPSA) is 62.1 Å². The fourth-order valence-corrected chi connectivity index (χ4v) is 4.66. The second-order valence-electron chi connectivity index (χ2n) is 6.35. The largest absolute Gasteiger partial charge is 0.493 e. The predicted molar refractivity (Wildman–Crippen MR) is 117 cm³/mol. The van der Waals surface area contributed by atoms with Gasteiger partial charge in [0.15, 0.2) is 22.5 Å². The summed E-state index contributed by atoms with van der Waals surface area (Å²) in [4.78, 5) is 4.72. The lowest BCUT2D eigenvalue weighted by atomic mass is 10.2. The molecule has 0 bridgehead atoms. The summed E-state index contributed by atoms with van der Waals surface area (Å²) in [6.07, 6.45) is 0. The first kappa shape index (κ1) is 20.4. The average Bonchev–Trinajstić information content (AvgIpc) is 3.39. The Morgan fingerprint density at radius 3 is 2.63 bits per heavy atom. The zero-order valence-electron chi connectivity index (χ0n) is 16.6. The van der Waals surface area contributed by atoms with E-state index >= 15 is 0 Å². The second-order valence-corrected chi connectivity index (χ2v) is 8.15. The van der Waals surface area contributed by atoms with Gasteiger partial charge in [-0.2, -0.15) is 0 Å². The Balaban J connectivity index is 1.49. The first-order chi connectivity index (χ1) is 14.6. The monoisotopic (exact) mass is 442 g/mol. The summed E-state index contributed by atoms with van der Waals surface area (Å²) in [7, 11) is 5.06. The van der Waals surface area contributed by atoms with Crippen LogP contribution >= 0.6 is 23.1 Å². The van der Waals surface area contributed by atoms with E-state index in [2.05, 4.69) is 10.2 Å². The Hall–Kier alpha value is -2.91. The summed E-state index contributed by atoms with van der Waals surface area (Å²) in [6, 6.07) is 12.3. The van der Waals surface area contributed by atoms with Crippen molar-refractivity contribution >= 4 is 23.1 Å². The molecule has 154 valence electrons. The van der Waals surface area contributed by atoms with Crippen molar-refractivity contribution in [3.63, 3.8) is 0 Å². The van der Waals surface area contributed by atoms with Crippen molar-refractivity contribution in [1.82, 2.24) is 19.7 Å². The molecule has 9 heteroatoms. The van der Waals surface area contributed by atoms with Crippen LogP contribution in [0.2, 0.25) is 0 Å². The van der Waals surface area contributed by atoms with E-state index in [-0.39, 0.29) is 5.82 Å². The van der Waals surface area contributed by atoms with Crippen LogP contribution in [-0.4, -0.2) is 34.0 Å². The molecule has 0 amide bonds. The van der Waals surface area contributed by atoms with Crippen LogP contribution < -0.4 is 9.47 Å². The maximum Gasteiger partial charge on any atom is 0.191 e. The number of hydrogen-bond acceptors (Lipinski definition) is 7. The van der Waals surface area contributed by atoms with Crippen LogP contribution in [0.3, 0.4) is 0 Å². The van der Waals surface area contributed by atoms with Crippen LogP contribution in [-0.2, 0) is 12.8 Å². The van der Waals surface area contributed by atoms with Gasteiger partial charge >= 0.3 is 0 Å². The van der Waals surface area contributed by atoms with Gasteiger partial charge in [-0.3, -0.25) is 0 Å². The summed E-state index contributed by atoms with van der Waals surface area (Å²) in [6.45, 7) is 0. The Morgan fingerprint density at radius 1 is 1.07 bits per heavy atom. The minimum absolute atomic E-state index is 0.316. The van der Waals surface area contributed by atoms with Gasteiger partial charge in [-0.1, -0.05) is 23.9 Å². The molecule has 0 saturated heterocycles. The number of thioether (sulfide) groups is 1. The summed E-state index contributed by atoms with van der Waals surface area (Å²) >= 11 is 3.08. The van der Waals surface area contributed by atoms with Crippen molar-refractivity contribution in [2.24, 2.45) is 7.05 Å². The number of methoxy groups -OCH3 is 2. The molecule has 0 radical (unpaired) electrons. The molecule has 0 fully saturated rings. The molecule has 30 heavy (non-hydrogen) atoms. The third kappa shape index (κ3) is 4.03. The summed E-state index contributed by atoms with van der Waals surface area (Å²) in [5, 5.41) is 12.0. The van der Waals surface area contributed by atoms with Crippen molar-refractivity contribution in [2.45, 2.75) is 10.9 Å². The van der Waals surface area contributed by atoms with E-state index < -0.39 is 0 Å². The highest BCUT2D eigenvalue weighted by Gasteiger charge is 2.15. The molecule has 4 aromatic rings. The lowest BCUT2D eigenvalue weighted by Crippen LogP contribution is -1.96. The van der Waals surface area contributed by atoms with Gasteiger partial charge in [0.2, 0.25) is 0 Å². The minimum atomic E-state index is -0.316. The third-order valence-corrected chi connectivity index (χ3v) is 6.48. The molecule has 0 N–H and O–H groups in total. The molecule has 0 spiro atoms. The van der Waals surface area contributed by atoms with Crippen LogP contribution in [0.5, 0.6) is 11.5 Å². The van der Waals surface area contributed by atoms with Gasteiger partial charge in [-0.05, 0) is 30.3 Å². The Morgan fingerprint density at radius 2 is 1.87 bits per heavy atom. The van der Waals surface area contributed by atoms with Gasteiger partial charge in [-0.15, -0.1) is 21.5 Å². The maximum absolute atomic E-state index is 14.1. The first-order valence-corrected chi connectivity index (χ1v) is 10.9. The molecule has 0 aliphatic heterocycles. The zero-order chi connectivity index (χ0) is 21.1. The SMILES string of the molecule is COc1ccc(-c2nc(CSc3nnc(-c4ccccc4F)n3C)cs2)cc1OC. The summed E-state index contributed by atoms with van der Waals surface area (Å²) < 4.78 is 26.5. The first-order valence-electron chi connectivity index (χ1n) is 9.04. The predicted octanol–water partition coefficient (Wildman–Crippen LogP) is 5.05. The number of ether oxygens (including phenoxy) is 2. The number of hydrogen-bond donors (Lipinski definition) is 0. The fourth-order valence-electron chi connectivity index (χ4n) is 2.93. The van der Waals surface area contributed by atoms with Gasteiger partial charge in [0.05, 0.1) is 25.5 Å². The summed E-state index contributed by atoms with van der Waals surface area (Å²) in [5.41, 5.74) is 2.34. The molecule has 0 atom stereocenters. The van der Waals surface area contributed by atoms with Crippen molar-refractivity contribution in [3.05, 3.63) is 59.4 Å². The highest BCUT2D eigenvalue weighted by molar-refractivity contribution is 7.98. The van der Waals surface area contributed by atoms with E-state index in [4.69, 9.17) is 14.5 Å². The smallest absolute Gasteiger partial charge is 0.191 e. The normalized spacial score (nSPS) is 10.9. The Labute approximate surface area is 181 Å². The van der Waals surface area contributed by atoms with Crippen LogP contribution in [0, 0.1) is 5.82 Å². The van der Waals surface area contributed by atoms with E-state index in [0.717, 1.165) is 16.3 Å². The van der Waals surface area contributed by atoms with Gasteiger partial charge in [0.25, 0.3) is 0 Å². The van der Waals surface area contributed by atoms with Crippen molar-refractivity contribution in [1.29, 1.82) is 0 Å². The van der Waals surface area contributed by atoms with Gasteiger partial charge in [0.1, 0.15) is 10.8 Å². The van der Waals surface area contributed by atoms with E-state index in [1.54, 1.807) is 48.3 Å². The minimum Gasteiger partial charge on any atom is -0.493 e. The Bertz CT molecular complexity index is 1180. The van der Waals surface area contributed by atoms with E-state index in [9.17, 15) is 4.39 Å². The molecule has 6 nitrogen and oxygen atoms in total. The molecular formula is C21H19FN4O2S2. The second kappa shape index (κ2) is 8.85. The van der Waals surface area contributed by atoms with Crippen molar-refractivity contribution in [2.75, 3.05) is 14.2 Å².